The molecule has 0 aliphatic heterocycles. The van der Waals surface area contributed by atoms with Crippen molar-refractivity contribution in [2.24, 2.45) is 0 Å². The topological polar surface area (TPSA) is 86.8 Å². The number of sulfonamides is 1. The van der Waals surface area contributed by atoms with Crippen LogP contribution in [0.3, 0.4) is 0 Å². The largest absolute Gasteiger partial charge is 0.350 e. The molecule has 202 valence electrons. The van der Waals surface area contributed by atoms with Crippen molar-refractivity contribution in [1.29, 1.82) is 0 Å². The Hall–Kier alpha value is -3.36. The Labute approximate surface area is 230 Å². The molecule has 2 amide bonds. The zero-order valence-electron chi connectivity index (χ0n) is 22.3. The molecule has 0 radical (unpaired) electrons. The van der Waals surface area contributed by atoms with Crippen molar-refractivity contribution >= 4 is 39.1 Å². The van der Waals surface area contributed by atoms with Crippen LogP contribution < -0.4 is 9.62 Å². The maximum absolute atomic E-state index is 13.9. The fourth-order valence-electron chi connectivity index (χ4n) is 3.91. The molecule has 1 N–H and O–H groups in total. The first-order valence-electron chi connectivity index (χ1n) is 12.3. The zero-order valence-corrected chi connectivity index (χ0v) is 23.9. The molecule has 0 heterocycles. The smallest absolute Gasteiger partial charge is 0.264 e. The number of carbonyl (C=O) groups excluding carboxylic acids is 2. The quantitative estimate of drug-likeness (QED) is 0.394. The average Bonchev–Trinajstić information content (AvgIpc) is 2.86. The molecule has 0 bridgehead atoms. The number of amides is 2. The van der Waals surface area contributed by atoms with Crippen LogP contribution in [0.4, 0.5) is 5.69 Å². The van der Waals surface area contributed by atoms with E-state index in [4.69, 9.17) is 11.6 Å². The predicted molar refractivity (Wildman–Crippen MR) is 152 cm³/mol. The molecule has 9 heteroatoms. The molecule has 0 aromatic heterocycles. The van der Waals surface area contributed by atoms with Gasteiger partial charge in [-0.15, -0.1) is 0 Å². The summed E-state index contributed by atoms with van der Waals surface area (Å²) in [5.41, 5.74) is 1.47. The van der Waals surface area contributed by atoms with Crippen LogP contribution in [0.2, 0.25) is 5.02 Å². The monoisotopic (exact) mass is 555 g/mol. The van der Waals surface area contributed by atoms with Gasteiger partial charge in [0.05, 0.1) is 15.6 Å². The standard InChI is InChI=1S/C29H34ClN3O4S/c1-21-13-9-10-14-23(21)19-32(22(2)28(35)31-29(3,4)5)27(34)20-33(26-18-12-11-17-25(26)30)38(36,37)24-15-7-6-8-16-24/h6-18,22H,19-20H2,1-5H3,(H,31,35). The van der Waals surface area contributed by atoms with E-state index in [1.807, 2.05) is 52.0 Å². The Kier molecular flexibility index (Phi) is 9.22. The summed E-state index contributed by atoms with van der Waals surface area (Å²) >= 11 is 6.42. The van der Waals surface area contributed by atoms with E-state index < -0.39 is 34.1 Å². The number of nitrogens with one attached hydrogen (secondary N) is 1. The molecule has 0 aliphatic rings. The van der Waals surface area contributed by atoms with E-state index >= 15 is 0 Å². The molecule has 38 heavy (non-hydrogen) atoms. The van der Waals surface area contributed by atoms with Gasteiger partial charge in [0, 0.05) is 12.1 Å². The fourth-order valence-corrected chi connectivity index (χ4v) is 5.66. The second-order valence-electron chi connectivity index (χ2n) is 10.1. The second kappa shape index (κ2) is 12.0. The molecule has 0 fully saturated rings. The van der Waals surface area contributed by atoms with Gasteiger partial charge in [-0.25, -0.2) is 8.42 Å². The number of anilines is 1. The summed E-state index contributed by atoms with van der Waals surface area (Å²) in [6, 6.07) is 21.0. The summed E-state index contributed by atoms with van der Waals surface area (Å²) in [4.78, 5) is 28.5. The molecule has 0 aliphatic carbocycles. The first kappa shape index (κ1) is 29.2. The van der Waals surface area contributed by atoms with Crippen LogP contribution in [0, 0.1) is 6.92 Å². The van der Waals surface area contributed by atoms with Crippen LogP contribution in [0.1, 0.15) is 38.8 Å². The number of rotatable bonds is 9. The number of nitrogens with zero attached hydrogens (tertiary/aromatic N) is 2. The number of para-hydroxylation sites is 1. The summed E-state index contributed by atoms with van der Waals surface area (Å²) in [7, 11) is -4.16. The summed E-state index contributed by atoms with van der Waals surface area (Å²) < 4.78 is 28.5. The van der Waals surface area contributed by atoms with Crippen molar-refractivity contribution in [2.75, 3.05) is 10.8 Å². The van der Waals surface area contributed by atoms with E-state index in [0.717, 1.165) is 15.4 Å². The van der Waals surface area contributed by atoms with Gasteiger partial charge in [-0.05, 0) is 70.0 Å². The molecule has 3 aromatic carbocycles. The van der Waals surface area contributed by atoms with Gasteiger partial charge in [0.2, 0.25) is 11.8 Å². The van der Waals surface area contributed by atoms with E-state index in [2.05, 4.69) is 5.32 Å². The Bertz CT molecular complexity index is 1390. The van der Waals surface area contributed by atoms with Crippen LogP contribution in [-0.2, 0) is 26.2 Å². The van der Waals surface area contributed by atoms with Crippen molar-refractivity contribution in [2.45, 2.75) is 57.6 Å². The summed E-state index contributed by atoms with van der Waals surface area (Å²) in [6.45, 7) is 8.73. The van der Waals surface area contributed by atoms with Crippen molar-refractivity contribution in [1.82, 2.24) is 10.2 Å². The first-order chi connectivity index (χ1) is 17.8. The summed E-state index contributed by atoms with van der Waals surface area (Å²) in [5, 5.41) is 3.10. The highest BCUT2D eigenvalue weighted by atomic mass is 35.5. The van der Waals surface area contributed by atoms with Crippen LogP contribution in [0.5, 0.6) is 0 Å². The van der Waals surface area contributed by atoms with E-state index in [0.29, 0.717) is 0 Å². The Morgan fingerprint density at radius 3 is 2.11 bits per heavy atom. The molecular formula is C29H34ClN3O4S. The lowest BCUT2D eigenvalue weighted by Crippen LogP contribution is -2.54. The van der Waals surface area contributed by atoms with Gasteiger partial charge in [0.1, 0.15) is 12.6 Å². The third kappa shape index (κ3) is 7.14. The molecule has 7 nitrogen and oxygen atoms in total. The Morgan fingerprint density at radius 1 is 0.921 bits per heavy atom. The maximum atomic E-state index is 13.9. The number of carbonyl (C=O) groups is 2. The Morgan fingerprint density at radius 2 is 1.50 bits per heavy atom. The summed E-state index contributed by atoms with van der Waals surface area (Å²) in [6.07, 6.45) is 0. The minimum atomic E-state index is -4.16. The lowest BCUT2D eigenvalue weighted by atomic mass is 10.1. The first-order valence-corrected chi connectivity index (χ1v) is 14.1. The Balaban J connectivity index is 2.05. The van der Waals surface area contributed by atoms with Crippen molar-refractivity contribution in [3.8, 4) is 0 Å². The van der Waals surface area contributed by atoms with E-state index in [9.17, 15) is 18.0 Å². The number of hydrogen-bond acceptors (Lipinski definition) is 4. The van der Waals surface area contributed by atoms with Crippen molar-refractivity contribution in [3.63, 3.8) is 0 Å². The van der Waals surface area contributed by atoms with Gasteiger partial charge in [-0.1, -0.05) is 66.2 Å². The van der Waals surface area contributed by atoms with Gasteiger partial charge < -0.3 is 10.2 Å². The third-order valence-corrected chi connectivity index (χ3v) is 8.09. The SMILES string of the molecule is Cc1ccccc1CN(C(=O)CN(c1ccccc1Cl)S(=O)(=O)c1ccccc1)C(C)C(=O)NC(C)(C)C. The van der Waals surface area contributed by atoms with E-state index in [1.165, 1.54) is 17.0 Å². The van der Waals surface area contributed by atoms with Crippen molar-refractivity contribution in [3.05, 3.63) is 95.0 Å². The molecule has 3 aromatic rings. The minimum absolute atomic E-state index is 0.0247. The van der Waals surface area contributed by atoms with Crippen LogP contribution >= 0.6 is 11.6 Å². The number of aryl methyl sites for hydroxylation is 1. The average molecular weight is 556 g/mol. The maximum Gasteiger partial charge on any atom is 0.264 e. The van der Waals surface area contributed by atoms with Gasteiger partial charge in [-0.2, -0.15) is 0 Å². The molecule has 0 spiro atoms. The molecule has 1 unspecified atom stereocenters. The molecule has 0 saturated carbocycles. The lowest BCUT2D eigenvalue weighted by molar-refractivity contribution is -0.140. The fraction of sp³-hybridized carbons (Fsp3) is 0.310. The molecule has 0 saturated heterocycles. The van der Waals surface area contributed by atoms with Gasteiger partial charge in [0.25, 0.3) is 10.0 Å². The normalized spacial score (nSPS) is 12.5. The second-order valence-corrected chi connectivity index (χ2v) is 12.4. The van der Waals surface area contributed by atoms with E-state index in [1.54, 1.807) is 49.4 Å². The number of benzene rings is 3. The van der Waals surface area contributed by atoms with Crippen LogP contribution in [-0.4, -0.2) is 43.3 Å². The highest BCUT2D eigenvalue weighted by Crippen LogP contribution is 2.30. The number of hydrogen-bond donors (Lipinski definition) is 1. The van der Waals surface area contributed by atoms with Crippen molar-refractivity contribution < 1.29 is 18.0 Å². The third-order valence-electron chi connectivity index (χ3n) is 6.00. The highest BCUT2D eigenvalue weighted by Gasteiger charge is 2.34. The van der Waals surface area contributed by atoms with Crippen LogP contribution in [0.15, 0.2) is 83.8 Å². The lowest BCUT2D eigenvalue weighted by Gasteiger charge is -2.34. The van der Waals surface area contributed by atoms with Gasteiger partial charge in [-0.3, -0.25) is 13.9 Å². The zero-order chi connectivity index (χ0) is 28.1. The molecule has 3 rings (SSSR count). The van der Waals surface area contributed by atoms with Crippen LogP contribution in [0.25, 0.3) is 0 Å². The number of halogens is 1. The van der Waals surface area contributed by atoms with Gasteiger partial charge >= 0.3 is 0 Å². The highest BCUT2D eigenvalue weighted by molar-refractivity contribution is 7.92. The van der Waals surface area contributed by atoms with Gasteiger partial charge in [0.15, 0.2) is 0 Å². The summed E-state index contributed by atoms with van der Waals surface area (Å²) in [5.74, 6) is -0.876. The predicted octanol–water partition coefficient (Wildman–Crippen LogP) is 5.18. The molecule has 1 atom stereocenters. The molecular weight excluding hydrogens is 522 g/mol. The van der Waals surface area contributed by atoms with E-state index in [-0.39, 0.29) is 28.1 Å². The minimum Gasteiger partial charge on any atom is -0.350 e.